The molecule has 0 aliphatic rings. The van der Waals surface area contributed by atoms with Gasteiger partial charge in [-0.25, -0.2) is 0 Å². The average Bonchev–Trinajstić information content (AvgIpc) is 2.55. The molecule has 7 nitrogen and oxygen atoms in total. The fourth-order valence-electron chi connectivity index (χ4n) is 1.85. The largest absolute Gasteiger partial charge is 0.480 e. The Morgan fingerprint density at radius 1 is 1.21 bits per heavy atom. The van der Waals surface area contributed by atoms with Gasteiger partial charge in [-0.2, -0.15) is 0 Å². The number of carboxylic acid groups (broad SMARTS) is 1. The lowest BCUT2D eigenvalue weighted by Gasteiger charge is -2.13. The van der Waals surface area contributed by atoms with Crippen molar-refractivity contribution >= 4 is 23.5 Å². The minimum atomic E-state index is -1.09. The molecule has 0 aromatic heterocycles. The molecular formula is C17H24N2O5. The van der Waals surface area contributed by atoms with Crippen molar-refractivity contribution in [2.45, 2.75) is 39.2 Å². The number of nitrogens with one attached hydrogen (secondary N) is 2. The van der Waals surface area contributed by atoms with E-state index in [0.717, 1.165) is 18.4 Å². The summed E-state index contributed by atoms with van der Waals surface area (Å²) in [7, 11) is 0. The van der Waals surface area contributed by atoms with Crippen LogP contribution >= 0.6 is 0 Å². The number of carboxylic acids is 1. The van der Waals surface area contributed by atoms with Crippen LogP contribution in [-0.4, -0.2) is 42.1 Å². The molecule has 0 heterocycles. The van der Waals surface area contributed by atoms with Crippen LogP contribution in [0.4, 0.5) is 5.69 Å². The molecule has 1 unspecified atom stereocenters. The second-order valence-electron chi connectivity index (χ2n) is 5.40. The van der Waals surface area contributed by atoms with Crippen molar-refractivity contribution < 1.29 is 24.2 Å². The Balaban J connectivity index is 2.45. The molecule has 24 heavy (non-hydrogen) atoms. The number of anilines is 1. The van der Waals surface area contributed by atoms with Crippen molar-refractivity contribution in [1.29, 1.82) is 0 Å². The highest BCUT2D eigenvalue weighted by atomic mass is 16.5. The number of unbranched alkanes of at least 4 members (excludes halogenated alkanes) is 1. The van der Waals surface area contributed by atoms with Crippen LogP contribution in [0.25, 0.3) is 0 Å². The molecule has 0 fully saturated rings. The minimum absolute atomic E-state index is 0.0814. The van der Waals surface area contributed by atoms with Crippen LogP contribution in [0.15, 0.2) is 24.3 Å². The van der Waals surface area contributed by atoms with Crippen molar-refractivity contribution in [3.8, 4) is 0 Å². The molecule has 1 rings (SSSR count). The molecule has 1 atom stereocenters. The maximum absolute atomic E-state index is 12.0. The van der Waals surface area contributed by atoms with Gasteiger partial charge in [0.1, 0.15) is 12.6 Å². The lowest BCUT2D eigenvalue weighted by atomic mass is 10.1. The molecule has 0 saturated carbocycles. The number of benzene rings is 1. The van der Waals surface area contributed by atoms with Crippen LogP contribution in [0.2, 0.25) is 0 Å². The molecule has 0 saturated heterocycles. The van der Waals surface area contributed by atoms with Gasteiger partial charge in [0.05, 0.1) is 6.42 Å². The Morgan fingerprint density at radius 2 is 1.88 bits per heavy atom. The first-order valence-electron chi connectivity index (χ1n) is 7.92. The van der Waals surface area contributed by atoms with E-state index >= 15 is 0 Å². The van der Waals surface area contributed by atoms with Crippen LogP contribution < -0.4 is 10.6 Å². The molecule has 0 aliphatic carbocycles. The van der Waals surface area contributed by atoms with Crippen LogP contribution in [0.5, 0.6) is 0 Å². The molecule has 0 aliphatic heterocycles. The van der Waals surface area contributed by atoms with Gasteiger partial charge in [0.15, 0.2) is 0 Å². The molecule has 0 spiro atoms. The van der Waals surface area contributed by atoms with Crippen molar-refractivity contribution in [2.75, 3.05) is 18.5 Å². The Bertz CT molecular complexity index is 557. The standard InChI is InChI=1S/C17H24N2O5/c1-3-4-9-24-12(2)17(23)19-14-7-5-13(6-8-14)10-15(20)18-11-16(21)22/h5-8,12H,3-4,9-11H2,1-2H3,(H,18,20)(H,19,23)(H,21,22). The zero-order chi connectivity index (χ0) is 17.9. The summed E-state index contributed by atoms with van der Waals surface area (Å²) in [6, 6.07) is 6.80. The third-order valence-corrected chi connectivity index (χ3v) is 3.26. The summed E-state index contributed by atoms with van der Waals surface area (Å²) in [6.45, 7) is 3.90. The highest BCUT2D eigenvalue weighted by molar-refractivity contribution is 5.94. The highest BCUT2D eigenvalue weighted by Gasteiger charge is 2.13. The minimum Gasteiger partial charge on any atom is -0.480 e. The van der Waals surface area contributed by atoms with E-state index < -0.39 is 18.6 Å². The van der Waals surface area contributed by atoms with Crippen LogP contribution in [0.3, 0.4) is 0 Å². The lowest BCUT2D eigenvalue weighted by Crippen LogP contribution is -2.30. The zero-order valence-corrected chi connectivity index (χ0v) is 14.0. The number of ether oxygens (including phenoxy) is 1. The summed E-state index contributed by atoms with van der Waals surface area (Å²) in [6.07, 6.45) is 1.47. The second kappa shape index (κ2) is 10.4. The van der Waals surface area contributed by atoms with E-state index in [1.807, 2.05) is 0 Å². The first-order valence-corrected chi connectivity index (χ1v) is 7.92. The number of hydrogen-bond acceptors (Lipinski definition) is 4. The number of carbonyl (C=O) groups excluding carboxylic acids is 2. The van der Waals surface area contributed by atoms with E-state index in [9.17, 15) is 14.4 Å². The maximum Gasteiger partial charge on any atom is 0.322 e. The normalized spacial score (nSPS) is 11.6. The second-order valence-corrected chi connectivity index (χ2v) is 5.40. The van der Waals surface area contributed by atoms with Gasteiger partial charge in [-0.15, -0.1) is 0 Å². The van der Waals surface area contributed by atoms with E-state index in [4.69, 9.17) is 9.84 Å². The molecule has 2 amide bonds. The predicted molar refractivity (Wildman–Crippen MR) is 89.7 cm³/mol. The van der Waals surface area contributed by atoms with Crippen molar-refractivity contribution in [3.05, 3.63) is 29.8 Å². The first kappa shape index (κ1) is 19.6. The molecule has 0 bridgehead atoms. The summed E-state index contributed by atoms with van der Waals surface area (Å²) in [5.41, 5.74) is 1.34. The molecule has 3 N–H and O–H groups in total. The summed E-state index contributed by atoms with van der Waals surface area (Å²) >= 11 is 0. The Labute approximate surface area is 141 Å². The average molecular weight is 336 g/mol. The van der Waals surface area contributed by atoms with Gasteiger partial charge in [-0.3, -0.25) is 14.4 Å². The van der Waals surface area contributed by atoms with E-state index in [1.165, 1.54) is 0 Å². The number of rotatable bonds is 10. The van der Waals surface area contributed by atoms with E-state index in [-0.39, 0.29) is 18.2 Å². The van der Waals surface area contributed by atoms with Crippen molar-refractivity contribution in [2.24, 2.45) is 0 Å². The van der Waals surface area contributed by atoms with Crippen molar-refractivity contribution in [3.63, 3.8) is 0 Å². The SMILES string of the molecule is CCCCOC(C)C(=O)Nc1ccc(CC(=O)NCC(=O)O)cc1. The Morgan fingerprint density at radius 3 is 2.46 bits per heavy atom. The third kappa shape index (κ3) is 7.73. The van der Waals surface area contributed by atoms with Crippen molar-refractivity contribution in [1.82, 2.24) is 5.32 Å². The molecular weight excluding hydrogens is 312 g/mol. The quantitative estimate of drug-likeness (QED) is 0.563. The van der Waals surface area contributed by atoms with Gasteiger partial charge < -0.3 is 20.5 Å². The van der Waals surface area contributed by atoms with Gasteiger partial charge in [0, 0.05) is 12.3 Å². The van der Waals surface area contributed by atoms with E-state index in [1.54, 1.807) is 31.2 Å². The lowest BCUT2D eigenvalue weighted by molar-refractivity contribution is -0.137. The fraction of sp³-hybridized carbons (Fsp3) is 0.471. The molecule has 1 aromatic carbocycles. The topological polar surface area (TPSA) is 105 Å². The summed E-state index contributed by atoms with van der Waals surface area (Å²) in [5, 5.41) is 13.5. The van der Waals surface area contributed by atoms with Crippen LogP contribution in [-0.2, 0) is 25.5 Å². The molecule has 0 radical (unpaired) electrons. The number of carbonyl (C=O) groups is 3. The Hall–Kier alpha value is -2.41. The molecule has 132 valence electrons. The third-order valence-electron chi connectivity index (χ3n) is 3.26. The van der Waals surface area contributed by atoms with Gasteiger partial charge in [0.25, 0.3) is 5.91 Å². The van der Waals surface area contributed by atoms with Gasteiger partial charge in [0.2, 0.25) is 5.91 Å². The summed E-state index contributed by atoms with van der Waals surface area (Å²) < 4.78 is 5.43. The maximum atomic E-state index is 12.0. The summed E-state index contributed by atoms with van der Waals surface area (Å²) in [5.74, 6) is -1.68. The van der Waals surface area contributed by atoms with Crippen LogP contribution in [0.1, 0.15) is 32.3 Å². The number of aliphatic carboxylic acids is 1. The van der Waals surface area contributed by atoms with Gasteiger partial charge >= 0.3 is 5.97 Å². The highest BCUT2D eigenvalue weighted by Crippen LogP contribution is 2.11. The van der Waals surface area contributed by atoms with Crippen LogP contribution in [0, 0.1) is 0 Å². The number of hydrogen-bond donors (Lipinski definition) is 3. The van der Waals surface area contributed by atoms with E-state index in [0.29, 0.717) is 12.3 Å². The Kier molecular flexibility index (Phi) is 8.49. The smallest absolute Gasteiger partial charge is 0.322 e. The number of amides is 2. The first-order chi connectivity index (χ1) is 11.4. The zero-order valence-electron chi connectivity index (χ0n) is 14.0. The molecule has 7 heteroatoms. The summed E-state index contributed by atoms with van der Waals surface area (Å²) in [4.78, 5) is 33.9. The fourth-order valence-corrected chi connectivity index (χ4v) is 1.85. The monoisotopic (exact) mass is 336 g/mol. The molecule has 1 aromatic rings. The predicted octanol–water partition coefficient (Wildman–Crippen LogP) is 1.57. The van der Waals surface area contributed by atoms with E-state index in [2.05, 4.69) is 17.6 Å². The van der Waals surface area contributed by atoms with Gasteiger partial charge in [-0.05, 0) is 31.0 Å². The van der Waals surface area contributed by atoms with Gasteiger partial charge in [-0.1, -0.05) is 25.5 Å².